The lowest BCUT2D eigenvalue weighted by atomic mass is 9.75. The van der Waals surface area contributed by atoms with Gasteiger partial charge < -0.3 is 9.52 Å². The molecule has 2 aromatic rings. The van der Waals surface area contributed by atoms with Gasteiger partial charge >= 0.3 is 5.63 Å². The molecule has 1 saturated carbocycles. The number of hydrogen-bond acceptors (Lipinski definition) is 4. The van der Waals surface area contributed by atoms with Crippen LogP contribution in [0.25, 0.3) is 0 Å². The zero-order valence-corrected chi connectivity index (χ0v) is 18.3. The Hall–Kier alpha value is -1.68. The van der Waals surface area contributed by atoms with Crippen LogP contribution in [-0.2, 0) is 5.41 Å². The lowest BCUT2D eigenvalue weighted by molar-refractivity contribution is 0.255. The monoisotopic (exact) mass is 400 g/mol. The van der Waals surface area contributed by atoms with Gasteiger partial charge in [0.15, 0.2) is 0 Å². The van der Waals surface area contributed by atoms with Crippen LogP contribution in [0.15, 0.2) is 49.3 Å². The van der Waals surface area contributed by atoms with Gasteiger partial charge in [-0.05, 0) is 42.7 Å². The molecule has 0 spiro atoms. The SMILES string of the molecule is CCC(C)CC1(c2cc(O)c(Sc3ccccc3C(C)C)c(=O)o2)CCCC1. The quantitative estimate of drug-likeness (QED) is 0.551. The standard InChI is InChI=1S/C24H32O3S/c1-5-17(4)15-24(12-8-9-13-24)21-14-19(25)22(23(26)27-21)28-20-11-7-6-10-18(20)16(2)3/h6-7,10-11,14,16-17,25H,5,8-9,12-13,15H2,1-4H3. The summed E-state index contributed by atoms with van der Waals surface area (Å²) in [6, 6.07) is 9.74. The number of hydrogen-bond donors (Lipinski definition) is 1. The van der Waals surface area contributed by atoms with Gasteiger partial charge in [0.1, 0.15) is 16.4 Å². The minimum atomic E-state index is -0.422. The van der Waals surface area contributed by atoms with Gasteiger partial charge in [0.05, 0.1) is 0 Å². The second-order valence-electron chi connectivity index (χ2n) is 8.61. The minimum absolute atomic E-state index is 0.0465. The van der Waals surface area contributed by atoms with Gasteiger partial charge in [-0.3, -0.25) is 0 Å². The Morgan fingerprint density at radius 2 is 1.86 bits per heavy atom. The van der Waals surface area contributed by atoms with E-state index in [0.29, 0.717) is 17.6 Å². The van der Waals surface area contributed by atoms with Crippen LogP contribution in [0.1, 0.15) is 83.5 Å². The molecule has 0 aliphatic heterocycles. The van der Waals surface area contributed by atoms with Crippen molar-refractivity contribution in [3.8, 4) is 5.75 Å². The molecule has 1 aliphatic rings. The summed E-state index contributed by atoms with van der Waals surface area (Å²) in [5, 5.41) is 10.7. The molecule has 0 amide bonds. The molecule has 1 atom stereocenters. The molecule has 1 unspecified atom stereocenters. The van der Waals surface area contributed by atoms with E-state index >= 15 is 0 Å². The Morgan fingerprint density at radius 3 is 2.46 bits per heavy atom. The first-order valence-corrected chi connectivity index (χ1v) is 11.3. The second kappa shape index (κ2) is 8.77. The summed E-state index contributed by atoms with van der Waals surface area (Å²) in [7, 11) is 0. The van der Waals surface area contributed by atoms with Crippen LogP contribution in [0.4, 0.5) is 0 Å². The summed E-state index contributed by atoms with van der Waals surface area (Å²) in [6.45, 7) is 8.71. The Bertz CT molecular complexity index is 862. The maximum absolute atomic E-state index is 12.9. The Morgan fingerprint density at radius 1 is 1.18 bits per heavy atom. The molecule has 0 bridgehead atoms. The van der Waals surface area contributed by atoms with Gasteiger partial charge in [0.25, 0.3) is 0 Å². The van der Waals surface area contributed by atoms with E-state index in [-0.39, 0.29) is 16.1 Å². The third kappa shape index (κ3) is 4.32. The summed E-state index contributed by atoms with van der Waals surface area (Å²) in [6.07, 6.45) is 6.48. The maximum atomic E-state index is 12.9. The minimum Gasteiger partial charge on any atom is -0.506 e. The van der Waals surface area contributed by atoms with E-state index in [0.717, 1.165) is 43.4 Å². The first-order valence-electron chi connectivity index (χ1n) is 10.5. The van der Waals surface area contributed by atoms with Gasteiger partial charge in [0, 0.05) is 16.4 Å². The van der Waals surface area contributed by atoms with Crippen molar-refractivity contribution in [1.29, 1.82) is 0 Å². The van der Waals surface area contributed by atoms with Crippen molar-refractivity contribution < 1.29 is 9.52 Å². The normalized spacial score (nSPS) is 17.2. The van der Waals surface area contributed by atoms with Crippen molar-refractivity contribution in [2.24, 2.45) is 5.92 Å². The molecule has 3 rings (SSSR count). The fourth-order valence-corrected chi connectivity index (χ4v) is 5.48. The van der Waals surface area contributed by atoms with E-state index in [1.807, 2.05) is 18.2 Å². The third-order valence-electron chi connectivity index (χ3n) is 6.16. The van der Waals surface area contributed by atoms with Gasteiger partial charge in [-0.2, -0.15) is 0 Å². The molecule has 1 aromatic carbocycles. The highest BCUT2D eigenvalue weighted by Gasteiger charge is 2.39. The molecule has 0 saturated heterocycles. The Labute approximate surface area is 172 Å². The van der Waals surface area contributed by atoms with Gasteiger partial charge in [-0.15, -0.1) is 0 Å². The highest BCUT2D eigenvalue weighted by Crippen LogP contribution is 2.47. The molecule has 1 heterocycles. The second-order valence-corrected chi connectivity index (χ2v) is 9.66. The fraction of sp³-hybridized carbons (Fsp3) is 0.542. The lowest BCUT2D eigenvalue weighted by Crippen LogP contribution is -2.26. The molecule has 3 nitrogen and oxygen atoms in total. The van der Waals surface area contributed by atoms with Crippen molar-refractivity contribution in [3.05, 3.63) is 52.1 Å². The molecule has 1 N–H and O–H groups in total. The summed E-state index contributed by atoms with van der Waals surface area (Å²) < 4.78 is 5.86. The van der Waals surface area contributed by atoms with E-state index in [4.69, 9.17) is 4.42 Å². The van der Waals surface area contributed by atoms with E-state index in [2.05, 4.69) is 33.8 Å². The molecule has 4 heteroatoms. The predicted octanol–water partition coefficient (Wildman–Crippen LogP) is 6.87. The van der Waals surface area contributed by atoms with Gasteiger partial charge in [-0.25, -0.2) is 4.79 Å². The van der Waals surface area contributed by atoms with Crippen LogP contribution in [0.2, 0.25) is 0 Å². The van der Waals surface area contributed by atoms with Crippen molar-refractivity contribution in [2.75, 3.05) is 0 Å². The number of rotatable bonds is 7. The molecule has 28 heavy (non-hydrogen) atoms. The van der Waals surface area contributed by atoms with Crippen LogP contribution >= 0.6 is 11.8 Å². The molecule has 152 valence electrons. The summed E-state index contributed by atoms with van der Waals surface area (Å²) in [5.74, 6) is 1.63. The topological polar surface area (TPSA) is 50.4 Å². The van der Waals surface area contributed by atoms with E-state index < -0.39 is 5.63 Å². The summed E-state index contributed by atoms with van der Waals surface area (Å²) in [5.41, 5.74) is 0.638. The first-order chi connectivity index (χ1) is 13.4. The highest BCUT2D eigenvalue weighted by molar-refractivity contribution is 7.99. The van der Waals surface area contributed by atoms with Crippen LogP contribution in [0, 0.1) is 5.92 Å². The molecular formula is C24H32O3S. The van der Waals surface area contributed by atoms with E-state index in [1.54, 1.807) is 6.07 Å². The largest absolute Gasteiger partial charge is 0.506 e. The van der Waals surface area contributed by atoms with Gasteiger partial charge in [-0.1, -0.05) is 76.9 Å². The zero-order chi connectivity index (χ0) is 20.3. The molecule has 1 aliphatic carbocycles. The van der Waals surface area contributed by atoms with Crippen molar-refractivity contribution in [1.82, 2.24) is 0 Å². The van der Waals surface area contributed by atoms with Crippen LogP contribution in [-0.4, -0.2) is 5.11 Å². The maximum Gasteiger partial charge on any atom is 0.353 e. The molecular weight excluding hydrogens is 368 g/mol. The number of benzene rings is 1. The van der Waals surface area contributed by atoms with Crippen LogP contribution < -0.4 is 5.63 Å². The van der Waals surface area contributed by atoms with Gasteiger partial charge in [0.2, 0.25) is 0 Å². The summed E-state index contributed by atoms with van der Waals surface area (Å²) in [4.78, 5) is 14.1. The molecule has 1 aromatic heterocycles. The first kappa shape index (κ1) is 21.0. The lowest BCUT2D eigenvalue weighted by Gasteiger charge is -2.30. The van der Waals surface area contributed by atoms with Crippen molar-refractivity contribution in [2.45, 2.75) is 87.3 Å². The zero-order valence-electron chi connectivity index (χ0n) is 17.5. The summed E-state index contributed by atoms with van der Waals surface area (Å²) >= 11 is 1.31. The fourth-order valence-electron chi connectivity index (χ4n) is 4.40. The van der Waals surface area contributed by atoms with E-state index in [1.165, 1.54) is 17.3 Å². The average molecular weight is 401 g/mol. The smallest absolute Gasteiger partial charge is 0.353 e. The predicted molar refractivity (Wildman–Crippen MR) is 116 cm³/mol. The van der Waals surface area contributed by atoms with Crippen molar-refractivity contribution in [3.63, 3.8) is 0 Å². The van der Waals surface area contributed by atoms with Crippen molar-refractivity contribution >= 4 is 11.8 Å². The Kier molecular flexibility index (Phi) is 6.59. The van der Waals surface area contributed by atoms with E-state index in [9.17, 15) is 9.90 Å². The Balaban J connectivity index is 1.97. The van der Waals surface area contributed by atoms with Crippen LogP contribution in [0.3, 0.4) is 0 Å². The van der Waals surface area contributed by atoms with Crippen LogP contribution in [0.5, 0.6) is 5.75 Å². The highest BCUT2D eigenvalue weighted by atomic mass is 32.2. The molecule has 0 radical (unpaired) electrons. The number of aromatic hydroxyl groups is 1. The average Bonchev–Trinajstić information content (AvgIpc) is 3.14. The third-order valence-corrected chi connectivity index (χ3v) is 7.33. The molecule has 1 fully saturated rings.